The van der Waals surface area contributed by atoms with Crippen LogP contribution in [0.5, 0.6) is 5.75 Å². The van der Waals surface area contributed by atoms with Gasteiger partial charge in [-0.15, -0.1) is 0 Å². The number of benzene rings is 2. The maximum Gasteiger partial charge on any atom is 0.310 e. The van der Waals surface area contributed by atoms with Crippen molar-refractivity contribution in [1.82, 2.24) is 9.97 Å². The fraction of sp³-hybridized carbons (Fsp3) is 0.345. The summed E-state index contributed by atoms with van der Waals surface area (Å²) in [5.41, 5.74) is 5.63. The summed E-state index contributed by atoms with van der Waals surface area (Å²) in [5.74, 6) is 0.0966. The minimum Gasteiger partial charge on any atom is -0.493 e. The Labute approximate surface area is 210 Å². The van der Waals surface area contributed by atoms with Crippen molar-refractivity contribution in [2.45, 2.75) is 53.1 Å². The summed E-state index contributed by atoms with van der Waals surface area (Å²) < 4.78 is 25.4. The number of aryl methyl sites for hydroxylation is 2. The molecule has 0 atom stereocenters. The average Bonchev–Trinajstić information content (AvgIpc) is 2.81. The topological polar surface area (TPSA) is 81.5 Å². The van der Waals surface area contributed by atoms with Crippen molar-refractivity contribution in [3.05, 3.63) is 64.7 Å². The molecule has 1 N–H and O–H groups in total. The smallest absolute Gasteiger partial charge is 0.310 e. The molecule has 3 heterocycles. The number of halogens is 1. The molecule has 2 aromatic carbocycles. The van der Waals surface area contributed by atoms with Gasteiger partial charge in [-0.3, -0.25) is 14.8 Å². The van der Waals surface area contributed by atoms with Gasteiger partial charge in [-0.2, -0.15) is 0 Å². The van der Waals surface area contributed by atoms with Gasteiger partial charge in [0.1, 0.15) is 11.6 Å². The van der Waals surface area contributed by atoms with E-state index in [1.54, 1.807) is 40.0 Å². The van der Waals surface area contributed by atoms with Crippen LogP contribution in [0.3, 0.4) is 0 Å². The molecule has 0 amide bonds. The third-order valence-corrected chi connectivity index (χ3v) is 5.96. The van der Waals surface area contributed by atoms with Crippen LogP contribution in [-0.4, -0.2) is 40.4 Å². The van der Waals surface area contributed by atoms with Crippen LogP contribution in [0.4, 0.5) is 4.39 Å². The van der Waals surface area contributed by atoms with Crippen LogP contribution in [0.1, 0.15) is 43.2 Å². The summed E-state index contributed by atoms with van der Waals surface area (Å²) in [7, 11) is 1.36. The lowest BCUT2D eigenvalue weighted by molar-refractivity contribution is -0.139. The van der Waals surface area contributed by atoms with Crippen molar-refractivity contribution in [3.8, 4) is 16.9 Å². The van der Waals surface area contributed by atoms with E-state index in [0.717, 1.165) is 34.2 Å². The number of aliphatic hydroxyl groups is 1. The van der Waals surface area contributed by atoms with Gasteiger partial charge in [0.25, 0.3) is 0 Å². The van der Waals surface area contributed by atoms with Gasteiger partial charge < -0.3 is 14.6 Å². The Bertz CT molecular complexity index is 1460. The van der Waals surface area contributed by atoms with Crippen molar-refractivity contribution in [2.75, 3.05) is 13.7 Å². The van der Waals surface area contributed by atoms with Crippen LogP contribution in [0.25, 0.3) is 32.9 Å². The van der Waals surface area contributed by atoms with E-state index >= 15 is 0 Å². The number of ether oxygens (including phenoxy) is 2. The minimum absolute atomic E-state index is 0.0372. The van der Waals surface area contributed by atoms with Crippen LogP contribution in [0, 0.1) is 19.7 Å². The van der Waals surface area contributed by atoms with Crippen molar-refractivity contribution in [2.24, 2.45) is 0 Å². The van der Waals surface area contributed by atoms with Crippen LogP contribution < -0.4 is 4.74 Å². The first kappa shape index (κ1) is 25.5. The maximum absolute atomic E-state index is 14.7. The third-order valence-electron chi connectivity index (χ3n) is 5.96. The summed E-state index contributed by atoms with van der Waals surface area (Å²) in [6.07, 6.45) is 2.63. The highest BCUT2D eigenvalue weighted by molar-refractivity contribution is 6.07. The first-order valence-electron chi connectivity index (χ1n) is 11.9. The lowest BCUT2D eigenvalue weighted by Crippen LogP contribution is -2.11. The van der Waals surface area contributed by atoms with Gasteiger partial charge in [0.05, 0.1) is 36.8 Å². The van der Waals surface area contributed by atoms with Gasteiger partial charge in [-0.25, -0.2) is 4.39 Å². The molecule has 1 aliphatic heterocycles. The number of hydrogen-bond acceptors (Lipinski definition) is 6. The molecule has 0 unspecified atom stereocenters. The second-order valence-corrected chi connectivity index (χ2v) is 10.00. The number of carbonyl (C=O) groups is 1. The Morgan fingerprint density at radius 3 is 2.61 bits per heavy atom. The van der Waals surface area contributed by atoms with Crippen molar-refractivity contribution >= 4 is 27.8 Å². The number of pyridine rings is 2. The first-order valence-corrected chi connectivity index (χ1v) is 11.9. The zero-order chi connectivity index (χ0) is 26.2. The first-order chi connectivity index (χ1) is 17.0. The molecule has 0 spiro atoms. The molecule has 5 rings (SSSR count). The molecule has 1 aliphatic rings. The van der Waals surface area contributed by atoms with Gasteiger partial charge in [-0.1, -0.05) is 0 Å². The number of nitrogens with zero attached hydrogens (tertiary/aromatic N) is 2. The standard InChI is InChI=1S/C25H21FN2O3.C4H10O/c1-13-10-20-18(11-19(13)26)24(17(14(2)28-20)12-22(29)30-3)16-4-5-21-23-15(7-9-31-21)6-8-27-25(16)23;1-4(2,3)5/h4-6,8,10-11H,7,9,12H2,1-3H3;5H,1-3H3. The Hall–Kier alpha value is -3.58. The molecule has 2 aromatic heterocycles. The molecule has 7 heteroatoms. The fourth-order valence-electron chi connectivity index (χ4n) is 4.39. The molecular formula is C29H31FN2O4. The molecule has 0 saturated heterocycles. The molecular weight excluding hydrogens is 459 g/mol. The van der Waals surface area contributed by atoms with Gasteiger partial charge in [-0.05, 0) is 87.2 Å². The number of rotatable bonds is 3. The normalized spacial score (nSPS) is 12.7. The predicted octanol–water partition coefficient (Wildman–Crippen LogP) is 5.63. The van der Waals surface area contributed by atoms with Crippen molar-refractivity contribution in [3.63, 3.8) is 0 Å². The molecule has 0 fully saturated rings. The lowest BCUT2D eigenvalue weighted by Gasteiger charge is -2.21. The summed E-state index contributed by atoms with van der Waals surface area (Å²) >= 11 is 0. The summed E-state index contributed by atoms with van der Waals surface area (Å²) in [5, 5.41) is 10.1. The van der Waals surface area contributed by atoms with E-state index in [1.807, 2.05) is 25.1 Å². The highest BCUT2D eigenvalue weighted by Crippen LogP contribution is 2.42. The number of aromatic nitrogens is 2. The highest BCUT2D eigenvalue weighted by Gasteiger charge is 2.23. The highest BCUT2D eigenvalue weighted by atomic mass is 19.1. The third kappa shape index (κ3) is 5.16. The quantitative estimate of drug-likeness (QED) is 0.375. The fourth-order valence-corrected chi connectivity index (χ4v) is 4.39. The zero-order valence-corrected chi connectivity index (χ0v) is 21.5. The second kappa shape index (κ2) is 9.82. The molecule has 6 nitrogen and oxygen atoms in total. The Morgan fingerprint density at radius 2 is 1.92 bits per heavy atom. The van der Waals surface area contributed by atoms with Gasteiger partial charge in [0.15, 0.2) is 0 Å². The number of carbonyl (C=O) groups excluding carboxylic acids is 1. The van der Waals surface area contributed by atoms with Gasteiger partial charge in [0, 0.05) is 34.6 Å². The summed E-state index contributed by atoms with van der Waals surface area (Å²) in [4.78, 5) is 21.6. The molecule has 4 aromatic rings. The summed E-state index contributed by atoms with van der Waals surface area (Å²) in [6, 6.07) is 9.11. The molecule has 0 aliphatic carbocycles. The SMILES string of the molecule is CC(C)(C)O.COC(=O)Cc1c(C)nc2cc(C)c(F)cc2c1-c1ccc2c3c(ccnc13)CCO2. The van der Waals surface area contributed by atoms with E-state index in [1.165, 1.54) is 18.7 Å². The molecule has 0 bridgehead atoms. The number of fused-ring (bicyclic) bond motifs is 1. The van der Waals surface area contributed by atoms with Crippen LogP contribution in [0.15, 0.2) is 36.5 Å². The van der Waals surface area contributed by atoms with E-state index in [0.29, 0.717) is 34.3 Å². The Morgan fingerprint density at radius 1 is 1.19 bits per heavy atom. The van der Waals surface area contributed by atoms with E-state index < -0.39 is 5.60 Å². The van der Waals surface area contributed by atoms with E-state index in [2.05, 4.69) is 9.97 Å². The van der Waals surface area contributed by atoms with E-state index in [-0.39, 0.29) is 18.2 Å². The predicted molar refractivity (Wildman–Crippen MR) is 139 cm³/mol. The number of hydrogen-bond donors (Lipinski definition) is 1. The lowest BCUT2D eigenvalue weighted by atomic mass is 9.89. The minimum atomic E-state index is -0.500. The van der Waals surface area contributed by atoms with Gasteiger partial charge in [0.2, 0.25) is 0 Å². The Balaban J connectivity index is 0.000000556. The second-order valence-electron chi connectivity index (χ2n) is 10.00. The molecule has 188 valence electrons. The van der Waals surface area contributed by atoms with Crippen molar-refractivity contribution < 1.29 is 23.8 Å². The molecule has 0 saturated carbocycles. The van der Waals surface area contributed by atoms with Crippen LogP contribution in [0.2, 0.25) is 0 Å². The number of methoxy groups -OCH3 is 1. The molecule has 36 heavy (non-hydrogen) atoms. The monoisotopic (exact) mass is 490 g/mol. The van der Waals surface area contributed by atoms with Gasteiger partial charge >= 0.3 is 5.97 Å². The van der Waals surface area contributed by atoms with Crippen molar-refractivity contribution in [1.29, 1.82) is 0 Å². The van der Waals surface area contributed by atoms with Crippen LogP contribution >= 0.6 is 0 Å². The average molecular weight is 491 g/mol. The number of esters is 1. The zero-order valence-electron chi connectivity index (χ0n) is 21.5. The van der Waals surface area contributed by atoms with E-state index in [4.69, 9.17) is 14.6 Å². The molecule has 0 radical (unpaired) electrons. The maximum atomic E-state index is 14.7. The van der Waals surface area contributed by atoms with Crippen LogP contribution in [-0.2, 0) is 22.4 Å². The largest absolute Gasteiger partial charge is 0.493 e. The Kier molecular flexibility index (Phi) is 6.96. The van der Waals surface area contributed by atoms with E-state index in [9.17, 15) is 9.18 Å². The summed E-state index contributed by atoms with van der Waals surface area (Å²) in [6.45, 7) is 9.44.